The smallest absolute Gasteiger partial charge is 0.237 e. The molecule has 0 aliphatic rings. The summed E-state index contributed by atoms with van der Waals surface area (Å²) < 4.78 is 4.15. The molecular weight excluding hydrogens is 200 g/mol. The summed E-state index contributed by atoms with van der Waals surface area (Å²) in [6.45, 7) is 4.86. The fraction of sp³-hybridized carbons (Fsp3) is 0.625. The lowest BCUT2D eigenvalue weighted by molar-refractivity contribution is -0.116. The van der Waals surface area contributed by atoms with Crippen molar-refractivity contribution >= 4 is 22.6 Å². The standard InChI is InChI=1S/C8H14N4OS/c1-3-7-10-8(14-11-7)12(4-2)5-6(9)13/h3-5H2,1-2H3,(H2,9,13). The largest absolute Gasteiger partial charge is 0.368 e. The normalized spacial score (nSPS) is 10.1. The van der Waals surface area contributed by atoms with E-state index in [1.807, 2.05) is 18.7 Å². The number of anilines is 1. The highest BCUT2D eigenvalue weighted by Crippen LogP contribution is 2.16. The van der Waals surface area contributed by atoms with Crippen molar-refractivity contribution in [3.63, 3.8) is 0 Å². The number of amides is 1. The molecule has 2 N–H and O–H groups in total. The Hall–Kier alpha value is -1.17. The summed E-state index contributed by atoms with van der Waals surface area (Å²) in [7, 11) is 0. The number of carbonyl (C=O) groups excluding carboxylic acids is 1. The Labute approximate surface area is 87.1 Å². The fourth-order valence-corrected chi connectivity index (χ4v) is 1.83. The summed E-state index contributed by atoms with van der Waals surface area (Å²) in [6.07, 6.45) is 0.810. The molecule has 6 heteroatoms. The Bertz CT molecular complexity index is 312. The number of hydrogen-bond acceptors (Lipinski definition) is 5. The second-order valence-electron chi connectivity index (χ2n) is 2.83. The van der Waals surface area contributed by atoms with E-state index in [4.69, 9.17) is 5.73 Å². The van der Waals surface area contributed by atoms with Crippen molar-refractivity contribution in [1.29, 1.82) is 0 Å². The van der Waals surface area contributed by atoms with Gasteiger partial charge in [-0.3, -0.25) is 4.79 Å². The van der Waals surface area contributed by atoms with Crippen LogP contribution >= 0.6 is 11.5 Å². The Balaban J connectivity index is 2.73. The first-order chi connectivity index (χ1) is 6.67. The van der Waals surface area contributed by atoms with E-state index in [1.165, 1.54) is 11.5 Å². The zero-order chi connectivity index (χ0) is 10.6. The molecule has 1 heterocycles. The molecule has 0 atom stereocenters. The van der Waals surface area contributed by atoms with Crippen LogP contribution in [0.2, 0.25) is 0 Å². The van der Waals surface area contributed by atoms with Gasteiger partial charge in [-0.05, 0) is 6.92 Å². The van der Waals surface area contributed by atoms with Crippen LogP contribution in [0.15, 0.2) is 0 Å². The number of nitrogens with two attached hydrogens (primary N) is 1. The van der Waals surface area contributed by atoms with Gasteiger partial charge in [-0.25, -0.2) is 4.98 Å². The maximum Gasteiger partial charge on any atom is 0.237 e. The molecule has 0 saturated heterocycles. The molecule has 0 saturated carbocycles. The molecule has 0 radical (unpaired) electrons. The predicted octanol–water partition coefficient (Wildman–Crippen LogP) is 0.412. The van der Waals surface area contributed by atoms with E-state index in [1.54, 1.807) is 0 Å². The number of nitrogens with zero attached hydrogens (tertiary/aromatic N) is 3. The quantitative estimate of drug-likeness (QED) is 0.770. The first-order valence-electron chi connectivity index (χ1n) is 4.53. The van der Waals surface area contributed by atoms with E-state index in [0.717, 1.165) is 17.4 Å². The van der Waals surface area contributed by atoms with Crippen LogP contribution in [0.5, 0.6) is 0 Å². The van der Waals surface area contributed by atoms with Gasteiger partial charge in [-0.1, -0.05) is 6.92 Å². The highest BCUT2D eigenvalue weighted by atomic mass is 32.1. The molecule has 1 aromatic heterocycles. The number of primary amides is 1. The van der Waals surface area contributed by atoms with Gasteiger partial charge in [0.05, 0.1) is 6.54 Å². The first kappa shape index (κ1) is 10.9. The van der Waals surface area contributed by atoms with Crippen LogP contribution in [-0.2, 0) is 11.2 Å². The molecule has 14 heavy (non-hydrogen) atoms. The number of likely N-dealkylation sites (N-methyl/N-ethyl adjacent to an activating group) is 1. The zero-order valence-electron chi connectivity index (χ0n) is 8.36. The van der Waals surface area contributed by atoms with Gasteiger partial charge in [-0.2, -0.15) is 4.37 Å². The lowest BCUT2D eigenvalue weighted by Gasteiger charge is -2.16. The average molecular weight is 214 g/mol. The number of aryl methyl sites for hydroxylation is 1. The van der Waals surface area contributed by atoms with Gasteiger partial charge in [0.1, 0.15) is 5.82 Å². The monoisotopic (exact) mass is 214 g/mol. The van der Waals surface area contributed by atoms with Gasteiger partial charge in [0.25, 0.3) is 0 Å². The minimum Gasteiger partial charge on any atom is -0.368 e. The van der Waals surface area contributed by atoms with Crippen molar-refractivity contribution in [2.24, 2.45) is 5.73 Å². The summed E-state index contributed by atoms with van der Waals surface area (Å²) in [6, 6.07) is 0. The molecule has 1 amide bonds. The number of rotatable bonds is 5. The van der Waals surface area contributed by atoms with Crippen LogP contribution in [0, 0.1) is 0 Å². The van der Waals surface area contributed by atoms with Crippen LogP contribution in [0.3, 0.4) is 0 Å². The van der Waals surface area contributed by atoms with E-state index in [9.17, 15) is 4.79 Å². The molecule has 0 aromatic carbocycles. The summed E-state index contributed by atoms with van der Waals surface area (Å²) in [5, 5.41) is 0.767. The van der Waals surface area contributed by atoms with Gasteiger partial charge < -0.3 is 10.6 Å². The Morgan fingerprint density at radius 3 is 2.71 bits per heavy atom. The Morgan fingerprint density at radius 1 is 1.57 bits per heavy atom. The van der Waals surface area contributed by atoms with Crippen molar-refractivity contribution in [3.8, 4) is 0 Å². The van der Waals surface area contributed by atoms with Gasteiger partial charge in [-0.15, -0.1) is 0 Å². The summed E-state index contributed by atoms with van der Waals surface area (Å²) in [5.74, 6) is 0.466. The third kappa shape index (κ3) is 2.66. The third-order valence-corrected chi connectivity index (χ3v) is 2.59. The summed E-state index contributed by atoms with van der Waals surface area (Å²) in [5.41, 5.74) is 5.12. The molecular formula is C8H14N4OS. The molecule has 5 nitrogen and oxygen atoms in total. The van der Waals surface area contributed by atoms with Gasteiger partial charge in [0.2, 0.25) is 11.0 Å². The van der Waals surface area contributed by atoms with Crippen molar-refractivity contribution in [2.75, 3.05) is 18.0 Å². The molecule has 1 aromatic rings. The Kier molecular flexibility index (Phi) is 3.82. The lowest BCUT2D eigenvalue weighted by Crippen LogP contribution is -2.33. The van der Waals surface area contributed by atoms with Crippen molar-refractivity contribution in [1.82, 2.24) is 9.36 Å². The number of aromatic nitrogens is 2. The zero-order valence-corrected chi connectivity index (χ0v) is 9.17. The lowest BCUT2D eigenvalue weighted by atomic mass is 10.5. The van der Waals surface area contributed by atoms with E-state index in [2.05, 4.69) is 9.36 Å². The fourth-order valence-electron chi connectivity index (χ4n) is 1.02. The maximum absolute atomic E-state index is 10.8. The maximum atomic E-state index is 10.8. The molecule has 0 bridgehead atoms. The molecule has 1 rings (SSSR count). The summed E-state index contributed by atoms with van der Waals surface area (Å²) >= 11 is 1.31. The highest BCUT2D eigenvalue weighted by Gasteiger charge is 2.11. The van der Waals surface area contributed by atoms with Crippen molar-refractivity contribution < 1.29 is 4.79 Å². The minimum absolute atomic E-state index is 0.203. The highest BCUT2D eigenvalue weighted by molar-refractivity contribution is 7.09. The second-order valence-corrected chi connectivity index (χ2v) is 3.56. The molecule has 0 aliphatic heterocycles. The molecule has 0 unspecified atom stereocenters. The van der Waals surface area contributed by atoms with Gasteiger partial charge >= 0.3 is 0 Å². The minimum atomic E-state index is -0.347. The molecule has 0 spiro atoms. The van der Waals surface area contributed by atoms with Crippen LogP contribution in [-0.4, -0.2) is 28.4 Å². The van der Waals surface area contributed by atoms with Gasteiger partial charge in [0.15, 0.2) is 0 Å². The van der Waals surface area contributed by atoms with Crippen LogP contribution in [0.1, 0.15) is 19.7 Å². The molecule has 0 aliphatic carbocycles. The van der Waals surface area contributed by atoms with Crippen LogP contribution in [0.4, 0.5) is 5.13 Å². The number of hydrogen-bond donors (Lipinski definition) is 1. The topological polar surface area (TPSA) is 72.1 Å². The van der Waals surface area contributed by atoms with Crippen molar-refractivity contribution in [3.05, 3.63) is 5.82 Å². The van der Waals surface area contributed by atoms with E-state index >= 15 is 0 Å². The summed E-state index contributed by atoms with van der Waals surface area (Å²) in [4.78, 5) is 16.9. The van der Waals surface area contributed by atoms with E-state index < -0.39 is 0 Å². The third-order valence-electron chi connectivity index (χ3n) is 1.77. The average Bonchev–Trinajstić information content (AvgIpc) is 2.62. The second kappa shape index (κ2) is 4.90. The van der Waals surface area contributed by atoms with Crippen molar-refractivity contribution in [2.45, 2.75) is 20.3 Å². The number of carbonyl (C=O) groups is 1. The first-order valence-corrected chi connectivity index (χ1v) is 5.30. The van der Waals surface area contributed by atoms with E-state index in [0.29, 0.717) is 6.54 Å². The van der Waals surface area contributed by atoms with Crippen LogP contribution in [0.25, 0.3) is 0 Å². The predicted molar refractivity (Wildman–Crippen MR) is 56.4 cm³/mol. The SMILES string of the molecule is CCc1nsc(N(CC)CC(N)=O)n1. The van der Waals surface area contributed by atoms with Crippen LogP contribution < -0.4 is 10.6 Å². The molecule has 0 fully saturated rings. The van der Waals surface area contributed by atoms with Gasteiger partial charge in [0, 0.05) is 24.5 Å². The molecule has 78 valence electrons. The van der Waals surface area contributed by atoms with E-state index in [-0.39, 0.29) is 12.5 Å². The Morgan fingerprint density at radius 2 is 2.29 bits per heavy atom.